The van der Waals surface area contributed by atoms with E-state index in [0.717, 1.165) is 11.1 Å². The van der Waals surface area contributed by atoms with Gasteiger partial charge in [-0.05, 0) is 61.4 Å². The highest BCUT2D eigenvalue weighted by atomic mass is 16.5. The molecule has 0 saturated carbocycles. The van der Waals surface area contributed by atoms with Crippen LogP contribution in [-0.2, 0) is 0 Å². The van der Waals surface area contributed by atoms with Gasteiger partial charge in [-0.3, -0.25) is 0 Å². The van der Waals surface area contributed by atoms with Crippen molar-refractivity contribution in [2.75, 3.05) is 0 Å². The first-order valence-electron chi connectivity index (χ1n) is 7.97. The third-order valence-electron chi connectivity index (χ3n) is 3.61. The lowest BCUT2D eigenvalue weighted by molar-refractivity contribution is 0.110. The van der Waals surface area contributed by atoms with Crippen LogP contribution in [0.4, 0.5) is 0 Å². The summed E-state index contributed by atoms with van der Waals surface area (Å²) in [6, 6.07) is 19.0. The van der Waals surface area contributed by atoms with Gasteiger partial charge in [0.15, 0.2) is 0 Å². The fourth-order valence-corrected chi connectivity index (χ4v) is 2.62. The lowest BCUT2D eigenvalue weighted by Gasteiger charge is -2.21. The third-order valence-corrected chi connectivity index (χ3v) is 3.61. The van der Waals surface area contributed by atoms with Crippen LogP contribution in [-0.4, -0.2) is 11.8 Å². The second kappa shape index (κ2) is 5.99. The van der Waals surface area contributed by atoms with Gasteiger partial charge in [0.2, 0.25) is 5.72 Å². The van der Waals surface area contributed by atoms with Gasteiger partial charge < -0.3 is 4.74 Å². The Morgan fingerprint density at radius 3 is 2.35 bits per heavy atom. The predicted octanol–water partition coefficient (Wildman–Crippen LogP) is 5.97. The quantitative estimate of drug-likeness (QED) is 0.432. The molecule has 3 aromatic carbocycles. The van der Waals surface area contributed by atoms with Crippen molar-refractivity contribution < 1.29 is 4.74 Å². The first kappa shape index (κ1) is 15.5. The van der Waals surface area contributed by atoms with Crippen molar-refractivity contribution in [3.05, 3.63) is 54.6 Å². The molecule has 0 saturated heterocycles. The molecule has 3 aromatic rings. The van der Waals surface area contributed by atoms with Crippen molar-refractivity contribution in [3.8, 4) is 5.75 Å². The first-order chi connectivity index (χ1) is 10.9. The molecular formula is C20H22N2O. The van der Waals surface area contributed by atoms with Crippen LogP contribution in [0.25, 0.3) is 21.5 Å². The van der Waals surface area contributed by atoms with E-state index in [9.17, 15) is 0 Å². The van der Waals surface area contributed by atoms with Crippen LogP contribution in [0.3, 0.4) is 0 Å². The summed E-state index contributed by atoms with van der Waals surface area (Å²) < 4.78 is 6.01. The van der Waals surface area contributed by atoms with E-state index >= 15 is 0 Å². The molecule has 0 aliphatic rings. The Bertz CT molecular complexity index is 866. The van der Waals surface area contributed by atoms with Crippen LogP contribution in [0.15, 0.2) is 64.8 Å². The molecule has 0 atom stereocenters. The van der Waals surface area contributed by atoms with Gasteiger partial charge in [-0.25, -0.2) is 0 Å². The Labute approximate surface area is 137 Å². The molecule has 0 unspecified atom stereocenters. The minimum Gasteiger partial charge on any atom is -0.465 e. The van der Waals surface area contributed by atoms with Crippen molar-refractivity contribution in [1.29, 1.82) is 0 Å². The van der Waals surface area contributed by atoms with Crippen molar-refractivity contribution in [2.45, 2.75) is 39.5 Å². The Morgan fingerprint density at radius 2 is 1.57 bits per heavy atom. The largest absolute Gasteiger partial charge is 0.465 e. The van der Waals surface area contributed by atoms with Crippen molar-refractivity contribution >= 4 is 21.5 Å². The molecular weight excluding hydrogens is 284 g/mol. The minimum atomic E-state index is -0.672. The fraction of sp³-hybridized carbons (Fsp3) is 0.300. The third kappa shape index (κ3) is 3.50. The smallest absolute Gasteiger partial charge is 0.213 e. The number of ether oxygens (including phenoxy) is 1. The summed E-state index contributed by atoms with van der Waals surface area (Å²) in [7, 11) is 0. The molecule has 0 radical (unpaired) electrons. The van der Waals surface area contributed by atoms with Gasteiger partial charge in [-0.1, -0.05) is 42.5 Å². The predicted molar refractivity (Wildman–Crippen MR) is 96.2 cm³/mol. The highest BCUT2D eigenvalue weighted by Gasteiger charge is 2.19. The van der Waals surface area contributed by atoms with E-state index in [4.69, 9.17) is 4.74 Å². The van der Waals surface area contributed by atoms with Gasteiger partial charge >= 0.3 is 0 Å². The molecule has 0 aliphatic heterocycles. The maximum absolute atomic E-state index is 6.01. The van der Waals surface area contributed by atoms with E-state index < -0.39 is 5.72 Å². The number of hydrogen-bond donors (Lipinski definition) is 0. The number of azo groups is 1. The van der Waals surface area contributed by atoms with Crippen LogP contribution in [0.5, 0.6) is 5.75 Å². The number of rotatable bonds is 4. The molecule has 0 N–H and O–H groups in total. The van der Waals surface area contributed by atoms with Crippen molar-refractivity contribution in [1.82, 2.24) is 0 Å². The topological polar surface area (TPSA) is 34.0 Å². The molecule has 3 nitrogen and oxygen atoms in total. The Kier molecular flexibility index (Phi) is 4.03. The van der Waals surface area contributed by atoms with E-state index in [1.165, 1.54) is 16.2 Å². The maximum atomic E-state index is 6.01. The van der Waals surface area contributed by atoms with Gasteiger partial charge in [-0.2, -0.15) is 5.11 Å². The average Bonchev–Trinajstić information content (AvgIpc) is 2.52. The summed E-state index contributed by atoms with van der Waals surface area (Å²) >= 11 is 0. The summed E-state index contributed by atoms with van der Waals surface area (Å²) in [6.07, 6.45) is 0. The van der Waals surface area contributed by atoms with Crippen LogP contribution >= 0.6 is 0 Å². The molecule has 0 fully saturated rings. The molecule has 3 heteroatoms. The zero-order chi connectivity index (χ0) is 16.4. The van der Waals surface area contributed by atoms with Crippen molar-refractivity contribution in [2.24, 2.45) is 10.2 Å². The first-order valence-corrected chi connectivity index (χ1v) is 7.97. The lowest BCUT2D eigenvalue weighted by atomic mass is 10.0. The molecule has 0 spiro atoms. The van der Waals surface area contributed by atoms with E-state index in [1.54, 1.807) is 0 Å². The number of nitrogens with zero attached hydrogens (tertiary/aromatic N) is 2. The molecule has 0 bridgehead atoms. The molecule has 23 heavy (non-hydrogen) atoms. The normalized spacial score (nSPS) is 12.6. The average molecular weight is 306 g/mol. The van der Waals surface area contributed by atoms with Gasteiger partial charge in [0.25, 0.3) is 0 Å². The summed E-state index contributed by atoms with van der Waals surface area (Å²) in [6.45, 7) is 7.84. The molecule has 0 aliphatic carbocycles. The number of fused-ring (bicyclic) bond motifs is 3. The highest BCUT2D eigenvalue weighted by Crippen LogP contribution is 2.30. The van der Waals surface area contributed by atoms with Crippen LogP contribution in [0.2, 0.25) is 0 Å². The van der Waals surface area contributed by atoms with Gasteiger partial charge in [0.1, 0.15) is 5.75 Å². The zero-order valence-corrected chi connectivity index (χ0v) is 14.1. The second-order valence-electron chi connectivity index (χ2n) is 6.53. The molecule has 0 aromatic heterocycles. The van der Waals surface area contributed by atoms with E-state index in [1.807, 2.05) is 33.8 Å². The van der Waals surface area contributed by atoms with Crippen LogP contribution in [0, 0.1) is 0 Å². The van der Waals surface area contributed by atoms with E-state index in [-0.39, 0.29) is 6.04 Å². The summed E-state index contributed by atoms with van der Waals surface area (Å²) in [4.78, 5) is 0. The lowest BCUT2D eigenvalue weighted by Crippen LogP contribution is -2.25. The summed E-state index contributed by atoms with van der Waals surface area (Å²) in [5.41, 5.74) is -0.672. The Morgan fingerprint density at radius 1 is 0.870 bits per heavy atom. The monoisotopic (exact) mass is 306 g/mol. The Balaban J connectivity index is 1.96. The molecule has 0 heterocycles. The second-order valence-corrected chi connectivity index (χ2v) is 6.53. The van der Waals surface area contributed by atoms with Gasteiger partial charge in [0, 0.05) is 0 Å². The Hall–Kier alpha value is -2.42. The summed E-state index contributed by atoms with van der Waals surface area (Å²) in [5.74, 6) is 0.806. The fourth-order valence-electron chi connectivity index (χ4n) is 2.62. The van der Waals surface area contributed by atoms with Crippen molar-refractivity contribution in [3.63, 3.8) is 0 Å². The standard InChI is InChI=1S/C20H22N2O/c1-14(2)21-22-20(3,4)23-17-11-12-19-16(13-17)10-9-15-7-5-6-8-18(15)19/h5-14H,1-4H3. The van der Waals surface area contributed by atoms with Gasteiger partial charge in [-0.15, -0.1) is 5.11 Å². The summed E-state index contributed by atoms with van der Waals surface area (Å²) in [5, 5.41) is 13.4. The minimum absolute atomic E-state index is 0.167. The van der Waals surface area contributed by atoms with Gasteiger partial charge in [0.05, 0.1) is 6.04 Å². The number of hydrogen-bond acceptors (Lipinski definition) is 3. The maximum Gasteiger partial charge on any atom is 0.213 e. The molecule has 3 rings (SSSR count). The number of benzene rings is 3. The van der Waals surface area contributed by atoms with E-state index in [2.05, 4.69) is 58.8 Å². The SMILES string of the molecule is CC(C)N=NC(C)(C)Oc1ccc2c(ccc3ccccc32)c1. The molecule has 118 valence electrons. The highest BCUT2D eigenvalue weighted by molar-refractivity contribution is 6.07. The zero-order valence-electron chi connectivity index (χ0n) is 14.1. The van der Waals surface area contributed by atoms with Crippen LogP contribution < -0.4 is 4.74 Å². The molecule has 0 amide bonds. The van der Waals surface area contributed by atoms with E-state index in [0.29, 0.717) is 0 Å². The van der Waals surface area contributed by atoms with Crippen LogP contribution in [0.1, 0.15) is 27.7 Å².